The zero-order valence-corrected chi connectivity index (χ0v) is 10.2. The summed E-state index contributed by atoms with van der Waals surface area (Å²) in [5.74, 6) is -2.22. The fourth-order valence-corrected chi connectivity index (χ4v) is 1.64. The Morgan fingerprint density at radius 2 is 2.05 bits per heavy atom. The summed E-state index contributed by atoms with van der Waals surface area (Å²) >= 11 is 0. The van der Waals surface area contributed by atoms with E-state index in [0.29, 0.717) is 11.4 Å². The van der Waals surface area contributed by atoms with E-state index in [-0.39, 0.29) is 12.0 Å². The van der Waals surface area contributed by atoms with Crippen LogP contribution in [0.5, 0.6) is 5.88 Å². The molecule has 0 amide bonds. The second-order valence-corrected chi connectivity index (χ2v) is 3.91. The predicted octanol–water partition coefficient (Wildman–Crippen LogP) is 2.79. The van der Waals surface area contributed by atoms with Crippen LogP contribution in [0, 0.1) is 11.6 Å². The number of nitrogens with zero attached hydrogens (tertiary/aromatic N) is 1. The van der Waals surface area contributed by atoms with E-state index < -0.39 is 17.4 Å². The number of carbonyl (C=O) groups is 1. The molecule has 0 atom stereocenters. The van der Waals surface area contributed by atoms with Gasteiger partial charge in [0.2, 0.25) is 5.88 Å². The summed E-state index contributed by atoms with van der Waals surface area (Å²) in [7, 11) is 1.48. The van der Waals surface area contributed by atoms with Crippen LogP contribution in [-0.2, 0) is 6.42 Å². The fourth-order valence-electron chi connectivity index (χ4n) is 1.64. The first kappa shape index (κ1) is 13.1. The van der Waals surface area contributed by atoms with Crippen molar-refractivity contribution in [3.8, 4) is 5.88 Å². The third kappa shape index (κ3) is 2.93. The van der Waals surface area contributed by atoms with Crippen LogP contribution in [-0.4, -0.2) is 17.9 Å². The molecule has 2 aromatic rings. The average Bonchev–Trinajstić information content (AvgIpc) is 2.42. The Morgan fingerprint density at radius 3 is 2.68 bits per heavy atom. The van der Waals surface area contributed by atoms with Crippen molar-refractivity contribution < 1.29 is 18.3 Å². The van der Waals surface area contributed by atoms with E-state index in [4.69, 9.17) is 4.74 Å². The number of Topliss-reactive ketones (excluding diaryl/α,β-unsaturated/α-hetero) is 1. The molecular weight excluding hydrogens is 252 g/mol. The molecule has 0 aliphatic carbocycles. The van der Waals surface area contributed by atoms with Gasteiger partial charge < -0.3 is 4.74 Å². The van der Waals surface area contributed by atoms with Gasteiger partial charge >= 0.3 is 0 Å². The number of methoxy groups -OCH3 is 1. The maximum Gasteiger partial charge on any atom is 0.212 e. The van der Waals surface area contributed by atoms with E-state index in [2.05, 4.69) is 4.98 Å². The Morgan fingerprint density at radius 1 is 1.26 bits per heavy atom. The molecule has 98 valence electrons. The number of halogens is 2. The number of rotatable bonds is 4. The van der Waals surface area contributed by atoms with Gasteiger partial charge in [0.25, 0.3) is 0 Å². The maximum atomic E-state index is 13.4. The second kappa shape index (κ2) is 5.56. The first-order chi connectivity index (χ1) is 9.11. The molecule has 0 fully saturated rings. The molecule has 5 heteroatoms. The quantitative estimate of drug-likeness (QED) is 0.796. The number of carbonyl (C=O) groups excluding carboxylic acids is 1. The minimum absolute atomic E-state index is 0.0443. The van der Waals surface area contributed by atoms with Crippen LogP contribution in [0.3, 0.4) is 0 Å². The van der Waals surface area contributed by atoms with Crippen LogP contribution in [0.25, 0.3) is 0 Å². The minimum atomic E-state index is -1.12. The van der Waals surface area contributed by atoms with Gasteiger partial charge in [-0.05, 0) is 17.7 Å². The zero-order valence-electron chi connectivity index (χ0n) is 10.2. The van der Waals surface area contributed by atoms with Gasteiger partial charge in [0, 0.05) is 18.7 Å². The number of hydrogen-bond acceptors (Lipinski definition) is 3. The topological polar surface area (TPSA) is 39.2 Å². The van der Waals surface area contributed by atoms with Gasteiger partial charge in [0.15, 0.2) is 17.4 Å². The Hall–Kier alpha value is -2.30. The van der Waals surface area contributed by atoms with Crippen molar-refractivity contribution in [2.75, 3.05) is 7.11 Å². The Balaban J connectivity index is 2.18. The highest BCUT2D eigenvalue weighted by atomic mass is 19.2. The molecule has 0 radical (unpaired) electrons. The lowest BCUT2D eigenvalue weighted by Crippen LogP contribution is -2.07. The van der Waals surface area contributed by atoms with Gasteiger partial charge in [0.05, 0.1) is 12.7 Å². The highest BCUT2D eigenvalue weighted by molar-refractivity contribution is 5.97. The molecule has 0 aliphatic rings. The molecule has 0 saturated carbocycles. The lowest BCUT2D eigenvalue weighted by Gasteiger charge is -2.04. The van der Waals surface area contributed by atoms with E-state index in [9.17, 15) is 13.6 Å². The molecule has 1 aromatic heterocycles. The van der Waals surface area contributed by atoms with E-state index in [1.54, 1.807) is 12.1 Å². The van der Waals surface area contributed by atoms with Gasteiger partial charge in [-0.15, -0.1) is 0 Å². The van der Waals surface area contributed by atoms with E-state index >= 15 is 0 Å². The zero-order chi connectivity index (χ0) is 13.8. The van der Waals surface area contributed by atoms with E-state index in [1.807, 2.05) is 0 Å². The number of hydrogen-bond donors (Lipinski definition) is 0. The van der Waals surface area contributed by atoms with Crippen molar-refractivity contribution in [2.24, 2.45) is 0 Å². The fraction of sp³-hybridized carbons (Fsp3) is 0.143. The molecule has 0 aliphatic heterocycles. The lowest BCUT2D eigenvalue weighted by atomic mass is 10.0. The number of aromatic nitrogens is 1. The summed E-state index contributed by atoms with van der Waals surface area (Å²) in [6.45, 7) is 0. The molecule has 1 aromatic carbocycles. The summed E-state index contributed by atoms with van der Waals surface area (Å²) < 4.78 is 31.4. The van der Waals surface area contributed by atoms with Crippen LogP contribution in [0.4, 0.5) is 8.78 Å². The molecule has 0 saturated heterocycles. The highest BCUT2D eigenvalue weighted by Crippen LogP contribution is 2.15. The summed E-state index contributed by atoms with van der Waals surface area (Å²) in [6, 6.07) is 6.79. The maximum absolute atomic E-state index is 13.4. The Bertz CT molecular complexity index is 597. The smallest absolute Gasteiger partial charge is 0.212 e. The first-order valence-electron chi connectivity index (χ1n) is 5.58. The monoisotopic (exact) mass is 263 g/mol. The molecular formula is C14H11F2NO2. The van der Waals surface area contributed by atoms with Crippen LogP contribution < -0.4 is 4.74 Å². The minimum Gasteiger partial charge on any atom is -0.481 e. The summed E-state index contributed by atoms with van der Waals surface area (Å²) in [5, 5.41) is 0. The van der Waals surface area contributed by atoms with Crippen LogP contribution in [0.2, 0.25) is 0 Å². The molecule has 1 heterocycles. The van der Waals surface area contributed by atoms with Crippen molar-refractivity contribution in [3.63, 3.8) is 0 Å². The van der Waals surface area contributed by atoms with Crippen LogP contribution in [0.15, 0.2) is 36.5 Å². The number of ether oxygens (including phenoxy) is 1. The Labute approximate surface area is 108 Å². The summed E-state index contributed by atoms with van der Waals surface area (Å²) in [4.78, 5) is 15.8. The molecule has 2 rings (SSSR count). The van der Waals surface area contributed by atoms with E-state index in [0.717, 1.165) is 6.07 Å². The Kier molecular flexibility index (Phi) is 3.85. The lowest BCUT2D eigenvalue weighted by molar-refractivity contribution is 0.0988. The van der Waals surface area contributed by atoms with Crippen LogP contribution >= 0.6 is 0 Å². The molecule has 19 heavy (non-hydrogen) atoms. The SMILES string of the molecule is COc1ccc(CC(=O)c2cccc(F)c2F)cn1. The second-order valence-electron chi connectivity index (χ2n) is 3.91. The van der Waals surface area contributed by atoms with Gasteiger partial charge in [-0.1, -0.05) is 12.1 Å². The van der Waals surface area contributed by atoms with E-state index in [1.165, 1.54) is 25.4 Å². The predicted molar refractivity (Wildman–Crippen MR) is 65.2 cm³/mol. The van der Waals surface area contributed by atoms with Crippen molar-refractivity contribution in [3.05, 3.63) is 59.3 Å². The third-order valence-corrected chi connectivity index (χ3v) is 2.62. The van der Waals surface area contributed by atoms with Gasteiger partial charge in [-0.2, -0.15) is 0 Å². The van der Waals surface area contributed by atoms with Gasteiger partial charge in [-0.25, -0.2) is 13.8 Å². The van der Waals surface area contributed by atoms with Crippen molar-refractivity contribution in [2.45, 2.75) is 6.42 Å². The molecule has 0 spiro atoms. The number of pyridine rings is 1. The largest absolute Gasteiger partial charge is 0.481 e. The third-order valence-electron chi connectivity index (χ3n) is 2.62. The highest BCUT2D eigenvalue weighted by Gasteiger charge is 2.15. The number of benzene rings is 1. The van der Waals surface area contributed by atoms with Gasteiger partial charge in [0.1, 0.15) is 0 Å². The first-order valence-corrected chi connectivity index (χ1v) is 5.58. The standard InChI is InChI=1S/C14H11F2NO2/c1-19-13-6-5-9(8-17-13)7-12(18)10-3-2-4-11(15)14(10)16/h2-6,8H,7H2,1H3. The van der Waals surface area contributed by atoms with Crippen LogP contribution in [0.1, 0.15) is 15.9 Å². The summed E-state index contributed by atoms with van der Waals surface area (Å²) in [5.41, 5.74) is 0.352. The molecule has 3 nitrogen and oxygen atoms in total. The molecule has 0 unspecified atom stereocenters. The van der Waals surface area contributed by atoms with Gasteiger partial charge in [-0.3, -0.25) is 4.79 Å². The molecule has 0 bridgehead atoms. The molecule has 0 N–H and O–H groups in total. The van der Waals surface area contributed by atoms with Crippen molar-refractivity contribution in [1.82, 2.24) is 4.98 Å². The number of ketones is 1. The summed E-state index contributed by atoms with van der Waals surface area (Å²) in [6.07, 6.45) is 1.42. The average molecular weight is 263 g/mol. The normalized spacial score (nSPS) is 10.3. The van der Waals surface area contributed by atoms with Crippen molar-refractivity contribution in [1.29, 1.82) is 0 Å². The van der Waals surface area contributed by atoms with Crippen molar-refractivity contribution >= 4 is 5.78 Å².